The highest BCUT2D eigenvalue weighted by atomic mass is 16.1. The number of nitrogen functional groups attached to an aromatic ring is 1. The molecule has 2 heterocycles. The minimum atomic E-state index is -0.530. The zero-order chi connectivity index (χ0) is 22.2. The van der Waals surface area contributed by atoms with E-state index in [4.69, 9.17) is 5.73 Å². The molecule has 0 radical (unpaired) electrons. The van der Waals surface area contributed by atoms with E-state index >= 15 is 0 Å². The predicted octanol–water partition coefficient (Wildman–Crippen LogP) is 1.85. The van der Waals surface area contributed by atoms with E-state index in [-0.39, 0.29) is 11.4 Å². The Balaban J connectivity index is 1.63. The number of anilines is 2. The van der Waals surface area contributed by atoms with Gasteiger partial charge < -0.3 is 25.7 Å². The van der Waals surface area contributed by atoms with Gasteiger partial charge in [-0.05, 0) is 37.5 Å². The summed E-state index contributed by atoms with van der Waals surface area (Å²) in [5.41, 5.74) is 9.16. The Morgan fingerprint density at radius 2 is 1.94 bits per heavy atom. The largest absolute Gasteiger partial charge is 0.384 e. The van der Waals surface area contributed by atoms with Gasteiger partial charge in [-0.15, -0.1) is 0 Å². The fraction of sp³-hybridized carbons (Fsp3) is 0.304. The molecule has 8 nitrogen and oxygen atoms in total. The molecule has 1 aromatic carbocycles. The van der Waals surface area contributed by atoms with Crippen molar-refractivity contribution in [3.05, 3.63) is 81.5 Å². The highest BCUT2D eigenvalue weighted by Crippen LogP contribution is 2.08. The molecule has 8 heteroatoms. The Morgan fingerprint density at radius 1 is 1.16 bits per heavy atom. The van der Waals surface area contributed by atoms with Crippen LogP contribution in [0.3, 0.4) is 0 Å². The maximum absolute atomic E-state index is 12.9. The number of benzene rings is 1. The van der Waals surface area contributed by atoms with Gasteiger partial charge in [-0.25, -0.2) is 9.97 Å². The third kappa shape index (κ3) is 5.99. The molecule has 4 N–H and O–H groups in total. The molecule has 162 valence electrons. The standard InChI is InChI=1S/C23H28N6O2/c1-16-13-26-22(28-20(15-30)12-18-6-4-3-5-7-18)23(31)29(16)11-10-25-14-19-8-9-21(24)27-17(19)2/h3-9,13,15,20,25H,10-12,14H2,1-2H3,(H2,24,27)(H,26,28). The highest BCUT2D eigenvalue weighted by molar-refractivity contribution is 5.63. The number of aldehydes is 1. The lowest BCUT2D eigenvalue weighted by Crippen LogP contribution is -2.34. The van der Waals surface area contributed by atoms with Crippen LogP contribution in [0.1, 0.15) is 22.5 Å². The number of nitrogens with zero attached hydrogens (tertiary/aromatic N) is 3. The summed E-state index contributed by atoms with van der Waals surface area (Å²) < 4.78 is 1.65. The molecule has 0 aliphatic rings. The number of nitrogens with one attached hydrogen (secondary N) is 2. The van der Waals surface area contributed by atoms with Gasteiger partial charge in [0, 0.05) is 37.2 Å². The van der Waals surface area contributed by atoms with E-state index in [1.807, 2.05) is 50.2 Å². The topological polar surface area (TPSA) is 115 Å². The van der Waals surface area contributed by atoms with Gasteiger partial charge in [0.05, 0.1) is 6.04 Å². The SMILES string of the molecule is Cc1nc(N)ccc1CNCCn1c(C)cnc(NC(C=O)Cc2ccccc2)c1=O. The van der Waals surface area contributed by atoms with Crippen molar-refractivity contribution in [1.29, 1.82) is 0 Å². The van der Waals surface area contributed by atoms with Gasteiger partial charge in [0.25, 0.3) is 5.56 Å². The second kappa shape index (κ2) is 10.5. The van der Waals surface area contributed by atoms with Crippen LogP contribution in [0.15, 0.2) is 53.5 Å². The Kier molecular flexibility index (Phi) is 7.50. The third-order valence-corrected chi connectivity index (χ3v) is 5.08. The summed E-state index contributed by atoms with van der Waals surface area (Å²) in [6.07, 6.45) is 2.93. The highest BCUT2D eigenvalue weighted by Gasteiger charge is 2.14. The molecule has 0 fully saturated rings. The fourth-order valence-electron chi connectivity index (χ4n) is 3.33. The monoisotopic (exact) mass is 420 g/mol. The van der Waals surface area contributed by atoms with Crippen LogP contribution in [0.25, 0.3) is 0 Å². The molecule has 0 bridgehead atoms. The minimum absolute atomic E-state index is 0.178. The molecule has 2 aromatic heterocycles. The number of hydrogen-bond donors (Lipinski definition) is 3. The zero-order valence-corrected chi connectivity index (χ0v) is 17.8. The maximum Gasteiger partial charge on any atom is 0.293 e. The number of carbonyl (C=O) groups is 1. The smallest absolute Gasteiger partial charge is 0.293 e. The number of hydrogen-bond acceptors (Lipinski definition) is 7. The molecule has 3 rings (SSSR count). The second-order valence-corrected chi connectivity index (χ2v) is 7.44. The van der Waals surface area contributed by atoms with Crippen molar-refractivity contribution in [1.82, 2.24) is 19.9 Å². The van der Waals surface area contributed by atoms with E-state index < -0.39 is 6.04 Å². The average molecular weight is 421 g/mol. The van der Waals surface area contributed by atoms with E-state index in [9.17, 15) is 9.59 Å². The van der Waals surface area contributed by atoms with Crippen molar-refractivity contribution in [3.63, 3.8) is 0 Å². The first kappa shape index (κ1) is 22.2. The summed E-state index contributed by atoms with van der Waals surface area (Å²) in [6, 6.07) is 12.9. The normalized spacial score (nSPS) is 11.8. The van der Waals surface area contributed by atoms with Gasteiger partial charge >= 0.3 is 0 Å². The molecule has 0 spiro atoms. The molecule has 0 aliphatic heterocycles. The van der Waals surface area contributed by atoms with Crippen molar-refractivity contribution in [3.8, 4) is 0 Å². The lowest BCUT2D eigenvalue weighted by Gasteiger charge is -2.16. The Hall–Kier alpha value is -3.52. The van der Waals surface area contributed by atoms with Crippen LogP contribution in [0, 0.1) is 13.8 Å². The second-order valence-electron chi connectivity index (χ2n) is 7.44. The summed E-state index contributed by atoms with van der Waals surface area (Å²) >= 11 is 0. The first-order chi connectivity index (χ1) is 15.0. The molecule has 0 saturated heterocycles. The number of pyridine rings is 1. The Bertz CT molecular complexity index is 1080. The van der Waals surface area contributed by atoms with E-state index in [0.717, 1.165) is 28.8 Å². The predicted molar refractivity (Wildman–Crippen MR) is 122 cm³/mol. The van der Waals surface area contributed by atoms with Crippen molar-refractivity contribution in [2.75, 3.05) is 17.6 Å². The minimum Gasteiger partial charge on any atom is -0.384 e. The number of carbonyl (C=O) groups excluding carboxylic acids is 1. The third-order valence-electron chi connectivity index (χ3n) is 5.08. The van der Waals surface area contributed by atoms with E-state index in [0.29, 0.717) is 31.9 Å². The van der Waals surface area contributed by atoms with Gasteiger partial charge in [-0.1, -0.05) is 36.4 Å². The van der Waals surface area contributed by atoms with E-state index in [1.54, 1.807) is 16.8 Å². The summed E-state index contributed by atoms with van der Waals surface area (Å²) in [7, 11) is 0. The summed E-state index contributed by atoms with van der Waals surface area (Å²) in [4.78, 5) is 32.9. The van der Waals surface area contributed by atoms with Crippen molar-refractivity contribution in [2.45, 2.75) is 39.4 Å². The summed E-state index contributed by atoms with van der Waals surface area (Å²) in [6.45, 7) is 5.46. The van der Waals surface area contributed by atoms with Gasteiger partial charge in [-0.3, -0.25) is 4.79 Å². The quantitative estimate of drug-likeness (QED) is 0.339. The number of rotatable bonds is 10. The van der Waals surface area contributed by atoms with Gasteiger partial charge in [-0.2, -0.15) is 0 Å². The van der Waals surface area contributed by atoms with Gasteiger partial charge in [0.1, 0.15) is 12.1 Å². The van der Waals surface area contributed by atoms with Gasteiger partial charge in [0.15, 0.2) is 5.82 Å². The van der Waals surface area contributed by atoms with Crippen LogP contribution >= 0.6 is 0 Å². The van der Waals surface area contributed by atoms with Crippen LogP contribution in [-0.2, 0) is 24.3 Å². The van der Waals surface area contributed by atoms with E-state index in [2.05, 4.69) is 20.6 Å². The van der Waals surface area contributed by atoms with Crippen LogP contribution in [0.2, 0.25) is 0 Å². The van der Waals surface area contributed by atoms with Crippen LogP contribution in [0.5, 0.6) is 0 Å². The number of aryl methyl sites for hydroxylation is 2. The lowest BCUT2D eigenvalue weighted by molar-refractivity contribution is -0.108. The zero-order valence-electron chi connectivity index (χ0n) is 17.8. The number of aromatic nitrogens is 3. The summed E-state index contributed by atoms with van der Waals surface area (Å²) in [5, 5.41) is 6.32. The fourth-order valence-corrected chi connectivity index (χ4v) is 3.33. The van der Waals surface area contributed by atoms with Crippen molar-refractivity contribution >= 4 is 17.9 Å². The average Bonchev–Trinajstić information content (AvgIpc) is 2.76. The first-order valence-corrected chi connectivity index (χ1v) is 10.2. The first-order valence-electron chi connectivity index (χ1n) is 10.2. The number of nitrogens with two attached hydrogens (primary N) is 1. The lowest BCUT2D eigenvalue weighted by atomic mass is 10.1. The van der Waals surface area contributed by atoms with Crippen LogP contribution in [-0.4, -0.2) is 33.4 Å². The maximum atomic E-state index is 12.9. The van der Waals surface area contributed by atoms with Crippen molar-refractivity contribution in [2.24, 2.45) is 0 Å². The molecule has 0 amide bonds. The molecular formula is C23H28N6O2. The molecule has 3 aromatic rings. The van der Waals surface area contributed by atoms with Crippen molar-refractivity contribution < 1.29 is 4.79 Å². The Morgan fingerprint density at radius 3 is 2.65 bits per heavy atom. The molecule has 0 saturated carbocycles. The molecule has 1 atom stereocenters. The molecule has 1 unspecified atom stereocenters. The Labute approximate surface area is 181 Å². The molecule has 31 heavy (non-hydrogen) atoms. The van der Waals surface area contributed by atoms with Gasteiger partial charge in [0.2, 0.25) is 0 Å². The van der Waals surface area contributed by atoms with Crippen LogP contribution < -0.4 is 21.9 Å². The summed E-state index contributed by atoms with van der Waals surface area (Å²) in [5.74, 6) is 0.679. The molecular weight excluding hydrogens is 392 g/mol. The van der Waals surface area contributed by atoms with E-state index in [1.165, 1.54) is 0 Å². The van der Waals surface area contributed by atoms with Crippen LogP contribution in [0.4, 0.5) is 11.6 Å². The molecule has 0 aliphatic carbocycles.